The van der Waals surface area contributed by atoms with Crippen LogP contribution in [0.3, 0.4) is 0 Å². The molecule has 0 saturated heterocycles. The van der Waals surface area contributed by atoms with Gasteiger partial charge in [0.2, 0.25) is 0 Å². The second kappa shape index (κ2) is 7.14. The first-order valence-electron chi connectivity index (χ1n) is 6.25. The van der Waals surface area contributed by atoms with Gasteiger partial charge in [0.25, 0.3) is 0 Å². The summed E-state index contributed by atoms with van der Waals surface area (Å²) in [4.78, 5) is 11.5. The molecule has 2 amide bonds. The van der Waals surface area contributed by atoms with Gasteiger partial charge in [-0.1, -0.05) is 17.2 Å². The Bertz CT molecular complexity index is 624. The van der Waals surface area contributed by atoms with Crippen LogP contribution in [0.15, 0.2) is 58.8 Å². The van der Waals surface area contributed by atoms with Crippen LogP contribution in [0.25, 0.3) is 0 Å². The number of ether oxygens (including phenoxy) is 1. The van der Waals surface area contributed by atoms with Gasteiger partial charge in [-0.05, 0) is 42.0 Å². The van der Waals surface area contributed by atoms with E-state index in [1.54, 1.807) is 7.11 Å². The highest BCUT2D eigenvalue weighted by Crippen LogP contribution is 2.13. The van der Waals surface area contributed by atoms with Crippen LogP contribution in [0.5, 0.6) is 5.75 Å². The van der Waals surface area contributed by atoms with Gasteiger partial charge in [-0.3, -0.25) is 0 Å². The molecule has 0 bridgehead atoms. The highest BCUT2D eigenvalue weighted by molar-refractivity contribution is 5.74. The van der Waals surface area contributed by atoms with Crippen molar-refractivity contribution < 1.29 is 13.9 Å². The number of amides is 2. The number of methoxy groups -OCH3 is 1. The third-order valence-electron chi connectivity index (χ3n) is 2.69. The maximum Gasteiger partial charge on any atom is 0.359 e. The van der Waals surface area contributed by atoms with Crippen LogP contribution in [0.4, 0.5) is 14.9 Å². The minimum absolute atomic E-state index is 0.339. The molecular formula is C15H14FN3O2. The summed E-state index contributed by atoms with van der Waals surface area (Å²) in [7, 11) is 1.59. The fourth-order valence-electron chi connectivity index (χ4n) is 1.57. The van der Waals surface area contributed by atoms with E-state index in [4.69, 9.17) is 4.74 Å². The number of urea groups is 1. The van der Waals surface area contributed by atoms with E-state index in [1.165, 1.54) is 24.3 Å². The van der Waals surface area contributed by atoms with Crippen LogP contribution in [-0.2, 0) is 6.54 Å². The van der Waals surface area contributed by atoms with Crippen molar-refractivity contribution in [1.29, 1.82) is 0 Å². The van der Waals surface area contributed by atoms with E-state index in [-0.39, 0.29) is 5.82 Å². The molecule has 0 unspecified atom stereocenters. The highest BCUT2D eigenvalue weighted by atomic mass is 19.1. The standard InChI is InChI=1S/C15H14FN3O2/c1-21-14-8-2-11(3-9-14)10-17-15(20)19-18-13-6-4-12(16)5-7-13/h2-9H,10H2,1H3,(H,17,20). The number of benzene rings is 2. The SMILES string of the molecule is COc1ccc(CNC(=O)N=Nc2ccc(F)cc2)cc1. The molecule has 0 radical (unpaired) electrons. The first-order chi connectivity index (χ1) is 10.2. The van der Waals surface area contributed by atoms with Gasteiger partial charge in [-0.25, -0.2) is 9.18 Å². The third-order valence-corrected chi connectivity index (χ3v) is 2.69. The quantitative estimate of drug-likeness (QED) is 0.869. The van der Waals surface area contributed by atoms with Gasteiger partial charge in [-0.2, -0.15) is 0 Å². The fraction of sp³-hybridized carbons (Fsp3) is 0.133. The number of rotatable bonds is 4. The number of nitrogens with one attached hydrogen (secondary N) is 1. The summed E-state index contributed by atoms with van der Waals surface area (Å²) < 4.78 is 17.7. The van der Waals surface area contributed by atoms with E-state index in [0.717, 1.165) is 11.3 Å². The Kier molecular flexibility index (Phi) is 4.98. The summed E-state index contributed by atoms with van der Waals surface area (Å²) in [6, 6.07) is 12.1. The second-order valence-electron chi connectivity index (χ2n) is 4.18. The smallest absolute Gasteiger partial charge is 0.359 e. The lowest BCUT2D eigenvalue weighted by Crippen LogP contribution is -2.18. The van der Waals surface area contributed by atoms with E-state index in [0.29, 0.717) is 12.2 Å². The molecule has 108 valence electrons. The van der Waals surface area contributed by atoms with Gasteiger partial charge in [0, 0.05) is 6.54 Å². The average Bonchev–Trinajstić information content (AvgIpc) is 2.53. The van der Waals surface area contributed by atoms with Crippen molar-refractivity contribution in [2.75, 3.05) is 7.11 Å². The van der Waals surface area contributed by atoms with Crippen LogP contribution in [0.2, 0.25) is 0 Å². The molecule has 0 spiro atoms. The number of nitrogens with zero attached hydrogens (tertiary/aromatic N) is 2. The molecular weight excluding hydrogens is 273 g/mol. The summed E-state index contributed by atoms with van der Waals surface area (Å²) >= 11 is 0. The molecule has 2 aromatic carbocycles. The molecule has 0 aliphatic heterocycles. The van der Waals surface area contributed by atoms with Crippen LogP contribution in [0, 0.1) is 5.82 Å². The maximum atomic E-state index is 12.7. The summed E-state index contributed by atoms with van der Waals surface area (Å²) in [5.41, 5.74) is 1.33. The topological polar surface area (TPSA) is 63.0 Å². The van der Waals surface area contributed by atoms with Crippen molar-refractivity contribution in [3.8, 4) is 5.75 Å². The number of azo groups is 1. The Morgan fingerprint density at radius 1 is 1.14 bits per heavy atom. The van der Waals surface area contributed by atoms with E-state index in [1.807, 2.05) is 24.3 Å². The number of hydrogen-bond acceptors (Lipinski definition) is 3. The lowest BCUT2D eigenvalue weighted by Gasteiger charge is -2.03. The molecule has 0 saturated carbocycles. The van der Waals surface area contributed by atoms with Crippen LogP contribution in [0.1, 0.15) is 5.56 Å². The molecule has 0 aliphatic carbocycles. The van der Waals surface area contributed by atoms with Crippen LogP contribution < -0.4 is 10.1 Å². The zero-order chi connectivity index (χ0) is 15.1. The Hall–Kier alpha value is -2.76. The van der Waals surface area contributed by atoms with Crippen molar-refractivity contribution >= 4 is 11.7 Å². The van der Waals surface area contributed by atoms with Gasteiger partial charge in [0.05, 0.1) is 12.8 Å². The lowest BCUT2D eigenvalue weighted by atomic mass is 10.2. The highest BCUT2D eigenvalue weighted by Gasteiger charge is 2.00. The molecule has 5 nitrogen and oxygen atoms in total. The summed E-state index contributed by atoms with van der Waals surface area (Å²) in [6.07, 6.45) is 0. The van der Waals surface area contributed by atoms with Gasteiger partial charge >= 0.3 is 6.03 Å². The molecule has 1 N–H and O–H groups in total. The first kappa shape index (κ1) is 14.6. The molecule has 0 atom stereocenters. The van der Waals surface area contributed by atoms with Crippen LogP contribution in [-0.4, -0.2) is 13.1 Å². The summed E-state index contributed by atoms with van der Waals surface area (Å²) in [6.45, 7) is 0.339. The lowest BCUT2D eigenvalue weighted by molar-refractivity contribution is 0.247. The van der Waals surface area contributed by atoms with Gasteiger partial charge in [0.15, 0.2) is 0 Å². The number of carbonyl (C=O) groups excluding carboxylic acids is 1. The third kappa shape index (κ3) is 4.68. The normalized spacial score (nSPS) is 10.6. The maximum absolute atomic E-state index is 12.7. The number of carbonyl (C=O) groups is 1. The monoisotopic (exact) mass is 287 g/mol. The van der Waals surface area contributed by atoms with Gasteiger partial charge in [0.1, 0.15) is 11.6 Å². The predicted molar refractivity (Wildman–Crippen MR) is 76.1 cm³/mol. The van der Waals surface area contributed by atoms with Crippen LogP contribution >= 0.6 is 0 Å². The second-order valence-corrected chi connectivity index (χ2v) is 4.18. The van der Waals surface area contributed by atoms with Crippen molar-refractivity contribution in [2.45, 2.75) is 6.54 Å². The number of hydrogen-bond donors (Lipinski definition) is 1. The average molecular weight is 287 g/mol. The molecule has 6 heteroatoms. The van der Waals surface area contributed by atoms with Crippen molar-refractivity contribution in [3.63, 3.8) is 0 Å². The summed E-state index contributed by atoms with van der Waals surface area (Å²) in [5, 5.41) is 9.82. The Morgan fingerprint density at radius 3 is 2.43 bits per heavy atom. The first-order valence-corrected chi connectivity index (χ1v) is 6.25. The van der Waals surface area contributed by atoms with E-state index < -0.39 is 6.03 Å². The largest absolute Gasteiger partial charge is 0.497 e. The molecule has 2 rings (SSSR count). The molecule has 21 heavy (non-hydrogen) atoms. The molecule has 0 aliphatic rings. The molecule has 2 aromatic rings. The Morgan fingerprint density at radius 2 is 1.81 bits per heavy atom. The predicted octanol–water partition coefficient (Wildman–Crippen LogP) is 3.83. The van der Waals surface area contributed by atoms with E-state index in [9.17, 15) is 9.18 Å². The van der Waals surface area contributed by atoms with Crippen molar-refractivity contribution in [1.82, 2.24) is 5.32 Å². The van der Waals surface area contributed by atoms with Crippen molar-refractivity contribution in [3.05, 3.63) is 59.9 Å². The van der Waals surface area contributed by atoms with Gasteiger partial charge in [-0.15, -0.1) is 5.11 Å². The van der Waals surface area contributed by atoms with Gasteiger partial charge < -0.3 is 10.1 Å². The van der Waals surface area contributed by atoms with E-state index in [2.05, 4.69) is 15.5 Å². The zero-order valence-corrected chi connectivity index (χ0v) is 11.4. The number of halogens is 1. The summed E-state index contributed by atoms with van der Waals surface area (Å²) in [5.74, 6) is 0.388. The minimum Gasteiger partial charge on any atom is -0.497 e. The Labute approximate surface area is 121 Å². The van der Waals surface area contributed by atoms with E-state index >= 15 is 0 Å². The molecule has 0 aromatic heterocycles. The molecule has 0 heterocycles. The fourth-order valence-corrected chi connectivity index (χ4v) is 1.57. The Balaban J connectivity index is 1.85. The minimum atomic E-state index is -0.560. The molecule has 0 fully saturated rings. The van der Waals surface area contributed by atoms with Crippen molar-refractivity contribution in [2.24, 2.45) is 10.2 Å². The zero-order valence-electron chi connectivity index (χ0n) is 11.4.